The number of benzene rings is 1. The van der Waals surface area contributed by atoms with E-state index in [1.54, 1.807) is 0 Å². The second kappa shape index (κ2) is 5.51. The fraction of sp³-hybridized carbons (Fsp3) is 0.333. The van der Waals surface area contributed by atoms with Gasteiger partial charge in [0, 0.05) is 3.57 Å². The van der Waals surface area contributed by atoms with E-state index in [4.69, 9.17) is 0 Å². The minimum Gasteiger partial charge on any atom is -0.388 e. The average molecular weight is 302 g/mol. The molecular weight excluding hydrogens is 287 g/mol. The molecule has 1 nitrogen and oxygen atoms in total. The lowest BCUT2D eigenvalue weighted by Crippen LogP contribution is -1.97. The van der Waals surface area contributed by atoms with E-state index < -0.39 is 0 Å². The van der Waals surface area contributed by atoms with Crippen molar-refractivity contribution >= 4 is 22.6 Å². The summed E-state index contributed by atoms with van der Waals surface area (Å²) in [6, 6.07) is 7.98. The normalized spacial score (nSPS) is 12.5. The first-order chi connectivity index (χ1) is 6.59. The van der Waals surface area contributed by atoms with Gasteiger partial charge in [-0.2, -0.15) is 0 Å². The van der Waals surface area contributed by atoms with Gasteiger partial charge in [0.2, 0.25) is 0 Å². The lowest BCUT2D eigenvalue weighted by Gasteiger charge is -2.10. The van der Waals surface area contributed by atoms with E-state index in [2.05, 4.69) is 29.2 Å². The van der Waals surface area contributed by atoms with E-state index in [-0.39, 0.29) is 6.10 Å². The highest BCUT2D eigenvalue weighted by atomic mass is 127. The number of aliphatic hydroxyl groups excluding tert-OH is 1. The standard InChI is InChI=1S/C12H15IO/c1-9(2)6-7-12(14)10-4-3-5-11(13)8-10/h3-5,8,12,14H,1,6-7H2,2H3. The lowest BCUT2D eigenvalue weighted by molar-refractivity contribution is 0.168. The molecule has 1 atom stereocenters. The number of halogens is 1. The Morgan fingerprint density at radius 2 is 2.29 bits per heavy atom. The van der Waals surface area contributed by atoms with E-state index in [0.29, 0.717) is 0 Å². The first-order valence-corrected chi connectivity index (χ1v) is 5.75. The molecule has 0 heterocycles. The van der Waals surface area contributed by atoms with Gasteiger partial charge in [-0.15, -0.1) is 6.58 Å². The fourth-order valence-corrected chi connectivity index (χ4v) is 1.83. The second-order valence-electron chi connectivity index (χ2n) is 3.57. The Bertz CT molecular complexity index is 320. The van der Waals surface area contributed by atoms with E-state index in [0.717, 1.165) is 27.5 Å². The maximum absolute atomic E-state index is 9.85. The van der Waals surface area contributed by atoms with Gasteiger partial charge in [-0.1, -0.05) is 17.7 Å². The molecule has 0 spiro atoms. The lowest BCUT2D eigenvalue weighted by atomic mass is 10.0. The zero-order chi connectivity index (χ0) is 10.6. The van der Waals surface area contributed by atoms with Gasteiger partial charge in [-0.3, -0.25) is 0 Å². The summed E-state index contributed by atoms with van der Waals surface area (Å²) in [5.74, 6) is 0. The van der Waals surface area contributed by atoms with Crippen LogP contribution in [0.25, 0.3) is 0 Å². The Balaban J connectivity index is 2.60. The Morgan fingerprint density at radius 1 is 1.57 bits per heavy atom. The number of hydrogen-bond acceptors (Lipinski definition) is 1. The molecule has 0 saturated heterocycles. The van der Waals surface area contributed by atoms with Crippen LogP contribution in [0.1, 0.15) is 31.4 Å². The third kappa shape index (κ3) is 3.80. The second-order valence-corrected chi connectivity index (χ2v) is 4.81. The molecule has 0 aromatic heterocycles. The number of rotatable bonds is 4. The van der Waals surface area contributed by atoms with E-state index >= 15 is 0 Å². The van der Waals surface area contributed by atoms with Gasteiger partial charge in [-0.05, 0) is 60.1 Å². The molecule has 2 heteroatoms. The third-order valence-electron chi connectivity index (χ3n) is 2.08. The highest BCUT2D eigenvalue weighted by Crippen LogP contribution is 2.21. The highest BCUT2D eigenvalue weighted by Gasteiger charge is 2.06. The van der Waals surface area contributed by atoms with Crippen molar-refractivity contribution in [2.75, 3.05) is 0 Å². The van der Waals surface area contributed by atoms with Crippen molar-refractivity contribution in [2.24, 2.45) is 0 Å². The Kier molecular flexibility index (Phi) is 4.62. The van der Waals surface area contributed by atoms with Crippen molar-refractivity contribution in [2.45, 2.75) is 25.9 Å². The van der Waals surface area contributed by atoms with Crippen molar-refractivity contribution in [3.63, 3.8) is 0 Å². The summed E-state index contributed by atoms with van der Waals surface area (Å²) >= 11 is 2.25. The van der Waals surface area contributed by atoms with Crippen molar-refractivity contribution in [1.82, 2.24) is 0 Å². The maximum atomic E-state index is 9.85. The van der Waals surface area contributed by atoms with Crippen LogP contribution < -0.4 is 0 Å². The molecule has 1 aromatic rings. The Morgan fingerprint density at radius 3 is 2.86 bits per heavy atom. The van der Waals surface area contributed by atoms with Gasteiger partial charge >= 0.3 is 0 Å². The van der Waals surface area contributed by atoms with Gasteiger partial charge in [0.25, 0.3) is 0 Å². The summed E-state index contributed by atoms with van der Waals surface area (Å²) < 4.78 is 1.16. The quantitative estimate of drug-likeness (QED) is 0.664. The first kappa shape index (κ1) is 11.7. The van der Waals surface area contributed by atoms with Gasteiger partial charge in [-0.25, -0.2) is 0 Å². The summed E-state index contributed by atoms with van der Waals surface area (Å²) in [4.78, 5) is 0. The molecule has 0 aliphatic rings. The number of aliphatic hydroxyl groups is 1. The SMILES string of the molecule is C=C(C)CCC(O)c1cccc(I)c1. The van der Waals surface area contributed by atoms with Crippen LogP contribution in [0, 0.1) is 3.57 Å². The van der Waals surface area contributed by atoms with Crippen LogP contribution in [-0.2, 0) is 0 Å². The van der Waals surface area contributed by atoms with Crippen LogP contribution in [0.15, 0.2) is 36.4 Å². The fourth-order valence-electron chi connectivity index (χ4n) is 1.26. The van der Waals surface area contributed by atoms with Crippen LogP contribution in [-0.4, -0.2) is 5.11 Å². The van der Waals surface area contributed by atoms with Crippen LogP contribution in [0.2, 0.25) is 0 Å². The van der Waals surface area contributed by atoms with E-state index in [9.17, 15) is 5.11 Å². The predicted molar refractivity (Wildman–Crippen MR) is 68.2 cm³/mol. The van der Waals surface area contributed by atoms with Gasteiger partial charge < -0.3 is 5.11 Å². The predicted octanol–water partition coefficient (Wildman–Crippen LogP) is 3.68. The van der Waals surface area contributed by atoms with E-state index in [1.165, 1.54) is 0 Å². The Labute approximate surface area is 99.0 Å². The molecule has 0 aliphatic carbocycles. The summed E-state index contributed by atoms with van der Waals surface area (Å²) in [6.07, 6.45) is 1.28. The summed E-state index contributed by atoms with van der Waals surface area (Å²) in [5, 5.41) is 9.85. The molecular formula is C12H15IO. The summed E-state index contributed by atoms with van der Waals surface area (Å²) in [5.41, 5.74) is 2.12. The minimum absolute atomic E-state index is 0.360. The molecule has 0 fully saturated rings. The first-order valence-electron chi connectivity index (χ1n) is 4.67. The molecule has 1 aromatic carbocycles. The molecule has 0 amide bonds. The van der Waals surface area contributed by atoms with Crippen molar-refractivity contribution in [3.8, 4) is 0 Å². The zero-order valence-electron chi connectivity index (χ0n) is 8.33. The van der Waals surface area contributed by atoms with E-state index in [1.807, 2.05) is 31.2 Å². The summed E-state index contributed by atoms with van der Waals surface area (Å²) in [7, 11) is 0. The molecule has 0 bridgehead atoms. The topological polar surface area (TPSA) is 20.2 Å². The number of allylic oxidation sites excluding steroid dienone is 1. The monoisotopic (exact) mass is 302 g/mol. The molecule has 0 saturated carbocycles. The number of hydrogen-bond donors (Lipinski definition) is 1. The molecule has 1 unspecified atom stereocenters. The molecule has 0 radical (unpaired) electrons. The summed E-state index contributed by atoms with van der Waals surface area (Å²) in [6.45, 7) is 5.81. The largest absolute Gasteiger partial charge is 0.388 e. The molecule has 1 N–H and O–H groups in total. The van der Waals surface area contributed by atoms with Gasteiger partial charge in [0.05, 0.1) is 6.10 Å². The van der Waals surface area contributed by atoms with Crippen LogP contribution >= 0.6 is 22.6 Å². The van der Waals surface area contributed by atoms with Gasteiger partial charge in [0.15, 0.2) is 0 Å². The van der Waals surface area contributed by atoms with Crippen molar-refractivity contribution < 1.29 is 5.11 Å². The molecule has 0 aliphatic heterocycles. The third-order valence-corrected chi connectivity index (χ3v) is 2.75. The minimum atomic E-state index is -0.360. The highest BCUT2D eigenvalue weighted by molar-refractivity contribution is 14.1. The smallest absolute Gasteiger partial charge is 0.0793 e. The van der Waals surface area contributed by atoms with Crippen LogP contribution in [0.5, 0.6) is 0 Å². The van der Waals surface area contributed by atoms with Gasteiger partial charge in [0.1, 0.15) is 0 Å². The van der Waals surface area contributed by atoms with Crippen molar-refractivity contribution in [3.05, 3.63) is 45.6 Å². The van der Waals surface area contributed by atoms with Crippen LogP contribution in [0.3, 0.4) is 0 Å². The molecule has 1 rings (SSSR count). The molecule has 14 heavy (non-hydrogen) atoms. The Hall–Kier alpha value is -0.350. The zero-order valence-corrected chi connectivity index (χ0v) is 10.5. The maximum Gasteiger partial charge on any atom is 0.0793 e. The van der Waals surface area contributed by atoms with Crippen LogP contribution in [0.4, 0.5) is 0 Å². The average Bonchev–Trinajstić information content (AvgIpc) is 2.14. The molecule has 76 valence electrons. The van der Waals surface area contributed by atoms with Crippen molar-refractivity contribution in [1.29, 1.82) is 0 Å².